The van der Waals surface area contributed by atoms with Crippen molar-refractivity contribution in [2.75, 3.05) is 18.5 Å². The van der Waals surface area contributed by atoms with Crippen LogP contribution in [-0.4, -0.2) is 13.2 Å². The summed E-state index contributed by atoms with van der Waals surface area (Å²) in [6.07, 6.45) is 0.895. The monoisotopic (exact) mass is 287 g/mol. The second-order valence-corrected chi connectivity index (χ2v) is 5.15. The van der Waals surface area contributed by atoms with Gasteiger partial charge in [0.25, 0.3) is 0 Å². The zero-order valence-corrected chi connectivity index (χ0v) is 12.0. The second kappa shape index (κ2) is 6.04. The van der Waals surface area contributed by atoms with Crippen LogP contribution in [0, 0.1) is 12.7 Å². The lowest BCUT2D eigenvalue weighted by atomic mass is 10.1. The fourth-order valence-corrected chi connectivity index (χ4v) is 2.29. The minimum Gasteiger partial charge on any atom is -0.490 e. The molecule has 2 aromatic carbocycles. The number of benzene rings is 2. The summed E-state index contributed by atoms with van der Waals surface area (Å²) in [6.45, 7) is 3.77. The first-order chi connectivity index (χ1) is 10.2. The standard InChI is InChI=1S/C17H18FNO2/c1-12-9-13(3-5-15(12)18)11-19-14-4-6-16-17(10-14)21-8-2-7-20-16/h3-6,9-10,19H,2,7-8,11H2,1H3. The van der Waals surface area contributed by atoms with Crippen LogP contribution in [0.4, 0.5) is 10.1 Å². The SMILES string of the molecule is Cc1cc(CNc2ccc3c(c2)OCCCO3)ccc1F. The van der Waals surface area contributed by atoms with Crippen LogP contribution in [0.15, 0.2) is 36.4 Å². The molecule has 0 aliphatic carbocycles. The highest BCUT2D eigenvalue weighted by Gasteiger charge is 2.10. The number of ether oxygens (including phenoxy) is 2. The molecule has 1 aliphatic heterocycles. The minimum absolute atomic E-state index is 0.172. The number of rotatable bonds is 3. The van der Waals surface area contributed by atoms with E-state index < -0.39 is 0 Å². The normalized spacial score (nSPS) is 13.6. The fraction of sp³-hybridized carbons (Fsp3) is 0.294. The quantitative estimate of drug-likeness (QED) is 0.928. The van der Waals surface area contributed by atoms with E-state index in [4.69, 9.17) is 9.47 Å². The van der Waals surface area contributed by atoms with Crippen LogP contribution < -0.4 is 14.8 Å². The molecule has 0 aromatic heterocycles. The summed E-state index contributed by atoms with van der Waals surface area (Å²) in [7, 11) is 0. The minimum atomic E-state index is -0.172. The number of hydrogen-bond acceptors (Lipinski definition) is 3. The van der Waals surface area contributed by atoms with Crippen LogP contribution in [0.5, 0.6) is 11.5 Å². The highest BCUT2D eigenvalue weighted by atomic mass is 19.1. The van der Waals surface area contributed by atoms with Gasteiger partial charge in [-0.3, -0.25) is 0 Å². The molecule has 0 unspecified atom stereocenters. The second-order valence-electron chi connectivity index (χ2n) is 5.15. The van der Waals surface area contributed by atoms with Crippen LogP contribution in [0.2, 0.25) is 0 Å². The molecule has 0 spiro atoms. The first kappa shape index (κ1) is 13.7. The van der Waals surface area contributed by atoms with Crippen LogP contribution in [0.25, 0.3) is 0 Å². The van der Waals surface area contributed by atoms with Gasteiger partial charge < -0.3 is 14.8 Å². The number of fused-ring (bicyclic) bond motifs is 1. The lowest BCUT2D eigenvalue weighted by Gasteiger charge is -2.11. The van der Waals surface area contributed by atoms with Crippen LogP contribution in [0.3, 0.4) is 0 Å². The summed E-state index contributed by atoms with van der Waals surface area (Å²) in [5.74, 6) is 1.39. The predicted octanol–water partition coefficient (Wildman–Crippen LogP) is 3.91. The van der Waals surface area contributed by atoms with E-state index >= 15 is 0 Å². The van der Waals surface area contributed by atoms with E-state index in [1.54, 1.807) is 13.0 Å². The van der Waals surface area contributed by atoms with Gasteiger partial charge in [0, 0.05) is 24.7 Å². The van der Waals surface area contributed by atoms with Gasteiger partial charge in [-0.05, 0) is 36.2 Å². The van der Waals surface area contributed by atoms with Crippen molar-refractivity contribution >= 4 is 5.69 Å². The first-order valence-corrected chi connectivity index (χ1v) is 7.11. The molecule has 1 heterocycles. The van der Waals surface area contributed by atoms with E-state index in [9.17, 15) is 4.39 Å². The zero-order valence-electron chi connectivity index (χ0n) is 12.0. The lowest BCUT2D eigenvalue weighted by Crippen LogP contribution is -2.01. The third-order valence-corrected chi connectivity index (χ3v) is 3.47. The molecule has 0 radical (unpaired) electrons. The number of hydrogen-bond donors (Lipinski definition) is 1. The van der Waals surface area contributed by atoms with E-state index in [1.165, 1.54) is 6.07 Å². The highest BCUT2D eigenvalue weighted by Crippen LogP contribution is 2.32. The number of aryl methyl sites for hydroxylation is 1. The van der Waals surface area contributed by atoms with Gasteiger partial charge in [0.15, 0.2) is 11.5 Å². The van der Waals surface area contributed by atoms with Gasteiger partial charge in [-0.1, -0.05) is 12.1 Å². The Kier molecular flexibility index (Phi) is 3.95. The fourth-order valence-electron chi connectivity index (χ4n) is 2.29. The maximum atomic E-state index is 13.2. The summed E-state index contributed by atoms with van der Waals surface area (Å²) < 4.78 is 24.5. The van der Waals surface area contributed by atoms with Crippen molar-refractivity contribution in [2.45, 2.75) is 19.9 Å². The Morgan fingerprint density at radius 2 is 1.86 bits per heavy atom. The van der Waals surface area contributed by atoms with E-state index in [2.05, 4.69) is 5.32 Å². The van der Waals surface area contributed by atoms with Crippen molar-refractivity contribution < 1.29 is 13.9 Å². The Bertz CT molecular complexity index is 643. The molecular formula is C17H18FNO2. The zero-order chi connectivity index (χ0) is 14.7. The summed E-state index contributed by atoms with van der Waals surface area (Å²) >= 11 is 0. The van der Waals surface area contributed by atoms with Crippen molar-refractivity contribution in [3.63, 3.8) is 0 Å². The molecule has 0 amide bonds. The molecule has 0 saturated carbocycles. The smallest absolute Gasteiger partial charge is 0.163 e. The molecule has 110 valence electrons. The number of nitrogens with one attached hydrogen (secondary N) is 1. The third-order valence-electron chi connectivity index (χ3n) is 3.47. The largest absolute Gasteiger partial charge is 0.490 e. The molecule has 0 bridgehead atoms. The predicted molar refractivity (Wildman–Crippen MR) is 80.5 cm³/mol. The molecule has 3 rings (SSSR count). The maximum absolute atomic E-state index is 13.2. The van der Waals surface area contributed by atoms with Crippen molar-refractivity contribution in [2.24, 2.45) is 0 Å². The Hall–Kier alpha value is -2.23. The Balaban J connectivity index is 1.70. The third kappa shape index (κ3) is 3.27. The summed E-state index contributed by atoms with van der Waals surface area (Å²) in [4.78, 5) is 0. The Morgan fingerprint density at radius 1 is 1.05 bits per heavy atom. The van der Waals surface area contributed by atoms with E-state index in [0.717, 1.165) is 29.2 Å². The van der Waals surface area contributed by atoms with Gasteiger partial charge in [-0.2, -0.15) is 0 Å². The molecule has 1 N–H and O–H groups in total. The van der Waals surface area contributed by atoms with Crippen molar-refractivity contribution in [1.82, 2.24) is 0 Å². The molecule has 0 atom stereocenters. The van der Waals surface area contributed by atoms with Gasteiger partial charge in [0.2, 0.25) is 0 Å². The molecule has 1 aliphatic rings. The molecule has 0 fully saturated rings. The Labute approximate surface area is 123 Å². The van der Waals surface area contributed by atoms with E-state index in [0.29, 0.717) is 25.3 Å². The Morgan fingerprint density at radius 3 is 2.67 bits per heavy atom. The maximum Gasteiger partial charge on any atom is 0.163 e. The summed E-state index contributed by atoms with van der Waals surface area (Å²) in [5, 5.41) is 3.32. The summed E-state index contributed by atoms with van der Waals surface area (Å²) in [5.41, 5.74) is 2.66. The van der Waals surface area contributed by atoms with Crippen molar-refractivity contribution in [3.8, 4) is 11.5 Å². The lowest BCUT2D eigenvalue weighted by molar-refractivity contribution is 0.297. The average molecular weight is 287 g/mol. The number of anilines is 1. The van der Waals surface area contributed by atoms with E-state index in [1.807, 2.05) is 24.3 Å². The molecule has 4 heteroatoms. The first-order valence-electron chi connectivity index (χ1n) is 7.11. The highest BCUT2D eigenvalue weighted by molar-refractivity contribution is 5.55. The van der Waals surface area contributed by atoms with Gasteiger partial charge >= 0.3 is 0 Å². The van der Waals surface area contributed by atoms with E-state index in [-0.39, 0.29) is 5.82 Å². The van der Waals surface area contributed by atoms with Crippen molar-refractivity contribution in [3.05, 3.63) is 53.3 Å². The van der Waals surface area contributed by atoms with Crippen LogP contribution in [0.1, 0.15) is 17.5 Å². The molecule has 0 saturated heterocycles. The van der Waals surface area contributed by atoms with Crippen LogP contribution in [-0.2, 0) is 6.54 Å². The average Bonchev–Trinajstić information content (AvgIpc) is 2.73. The molecule has 3 nitrogen and oxygen atoms in total. The molecule has 2 aromatic rings. The van der Waals surface area contributed by atoms with Crippen molar-refractivity contribution in [1.29, 1.82) is 0 Å². The van der Waals surface area contributed by atoms with Gasteiger partial charge in [0.05, 0.1) is 13.2 Å². The number of halogens is 1. The van der Waals surface area contributed by atoms with Crippen LogP contribution >= 0.6 is 0 Å². The molecular weight excluding hydrogens is 269 g/mol. The topological polar surface area (TPSA) is 30.5 Å². The van der Waals surface area contributed by atoms with Gasteiger partial charge in [0.1, 0.15) is 5.82 Å². The summed E-state index contributed by atoms with van der Waals surface area (Å²) in [6, 6.07) is 11.0. The van der Waals surface area contributed by atoms with Gasteiger partial charge in [-0.15, -0.1) is 0 Å². The molecule has 21 heavy (non-hydrogen) atoms. The van der Waals surface area contributed by atoms with Gasteiger partial charge in [-0.25, -0.2) is 4.39 Å².